The molecule has 0 aliphatic heterocycles. The van der Waals surface area contributed by atoms with Crippen LogP contribution in [-0.2, 0) is 12.8 Å². The molecular weight excluding hydrogens is 246 g/mol. The Labute approximate surface area is 110 Å². The van der Waals surface area contributed by atoms with E-state index in [4.69, 9.17) is 5.11 Å². The van der Waals surface area contributed by atoms with E-state index in [0.717, 1.165) is 29.1 Å². The highest BCUT2D eigenvalue weighted by Crippen LogP contribution is 2.22. The lowest BCUT2D eigenvalue weighted by molar-refractivity contribution is 0.0700. The maximum Gasteiger partial charge on any atom is 0.347 e. The minimum Gasteiger partial charge on any atom is -0.477 e. The fraction of sp³-hybridized carbons (Fsp3) is 0.286. The fourth-order valence-corrected chi connectivity index (χ4v) is 2.80. The normalized spacial score (nSPS) is 10.5. The molecule has 0 spiro atoms. The van der Waals surface area contributed by atoms with Gasteiger partial charge < -0.3 is 5.11 Å². The van der Waals surface area contributed by atoms with E-state index < -0.39 is 5.97 Å². The van der Waals surface area contributed by atoms with Gasteiger partial charge in [0.15, 0.2) is 0 Å². The van der Waals surface area contributed by atoms with Gasteiger partial charge in [-0.25, -0.2) is 9.78 Å². The smallest absolute Gasteiger partial charge is 0.347 e. The summed E-state index contributed by atoms with van der Waals surface area (Å²) in [6.07, 6.45) is 2.34. The topological polar surface area (TPSA) is 50.2 Å². The van der Waals surface area contributed by atoms with E-state index in [-0.39, 0.29) is 0 Å². The summed E-state index contributed by atoms with van der Waals surface area (Å²) >= 11 is 1.29. The first kappa shape index (κ1) is 12.8. The van der Waals surface area contributed by atoms with Crippen LogP contribution < -0.4 is 0 Å². The van der Waals surface area contributed by atoms with Crippen LogP contribution in [0.1, 0.15) is 39.3 Å². The van der Waals surface area contributed by atoms with Gasteiger partial charge in [0.2, 0.25) is 0 Å². The average Bonchev–Trinajstić information content (AvgIpc) is 2.74. The molecule has 0 radical (unpaired) electrons. The van der Waals surface area contributed by atoms with Gasteiger partial charge in [-0.2, -0.15) is 0 Å². The summed E-state index contributed by atoms with van der Waals surface area (Å²) in [6, 6.07) is 9.99. The second-order valence-corrected chi connectivity index (χ2v) is 5.18. The molecule has 0 aliphatic rings. The Kier molecular flexibility index (Phi) is 4.10. The molecule has 18 heavy (non-hydrogen) atoms. The molecule has 2 rings (SSSR count). The monoisotopic (exact) mass is 261 g/mol. The van der Waals surface area contributed by atoms with Crippen LogP contribution in [0.4, 0.5) is 0 Å². The summed E-state index contributed by atoms with van der Waals surface area (Å²) < 4.78 is 0. The minimum atomic E-state index is -0.865. The van der Waals surface area contributed by atoms with Crippen molar-refractivity contribution in [1.29, 1.82) is 0 Å². The van der Waals surface area contributed by atoms with Crippen LogP contribution in [0.15, 0.2) is 30.3 Å². The number of aryl methyl sites for hydroxylation is 1. The van der Waals surface area contributed by atoms with Crippen molar-refractivity contribution in [1.82, 2.24) is 4.98 Å². The molecule has 1 N–H and O–H groups in total. The van der Waals surface area contributed by atoms with Crippen LogP contribution >= 0.6 is 11.3 Å². The van der Waals surface area contributed by atoms with Gasteiger partial charge in [0.1, 0.15) is 4.88 Å². The maximum absolute atomic E-state index is 11.1. The van der Waals surface area contributed by atoms with E-state index >= 15 is 0 Å². The van der Waals surface area contributed by atoms with Crippen molar-refractivity contribution in [3.8, 4) is 0 Å². The van der Waals surface area contributed by atoms with Gasteiger partial charge >= 0.3 is 5.97 Å². The van der Waals surface area contributed by atoms with Gasteiger partial charge in [-0.3, -0.25) is 0 Å². The lowest BCUT2D eigenvalue weighted by Gasteiger charge is -1.96. The fourth-order valence-electron chi connectivity index (χ4n) is 1.82. The Morgan fingerprint density at radius 1 is 1.33 bits per heavy atom. The Morgan fingerprint density at radius 3 is 2.67 bits per heavy atom. The average molecular weight is 261 g/mol. The summed E-state index contributed by atoms with van der Waals surface area (Å²) in [4.78, 5) is 16.0. The molecule has 0 fully saturated rings. The largest absolute Gasteiger partial charge is 0.477 e. The highest BCUT2D eigenvalue weighted by Gasteiger charge is 2.16. The molecule has 1 heterocycles. The van der Waals surface area contributed by atoms with Gasteiger partial charge in [-0.1, -0.05) is 43.7 Å². The number of aromatic carboxylic acids is 1. The second-order valence-electron chi connectivity index (χ2n) is 4.10. The van der Waals surface area contributed by atoms with Crippen LogP contribution in [0.3, 0.4) is 0 Å². The number of nitrogens with zero attached hydrogens (tertiary/aromatic N) is 1. The summed E-state index contributed by atoms with van der Waals surface area (Å²) in [6.45, 7) is 2.03. The SMILES string of the molecule is CCCc1nc(Cc2ccccc2)sc1C(=O)O. The number of hydrogen-bond donors (Lipinski definition) is 1. The first-order valence-electron chi connectivity index (χ1n) is 5.96. The van der Waals surface area contributed by atoms with E-state index in [1.54, 1.807) is 0 Å². The van der Waals surface area contributed by atoms with Crippen molar-refractivity contribution in [2.75, 3.05) is 0 Å². The van der Waals surface area contributed by atoms with Crippen LogP contribution in [0, 0.1) is 0 Å². The van der Waals surface area contributed by atoms with Crippen molar-refractivity contribution < 1.29 is 9.90 Å². The molecule has 3 nitrogen and oxygen atoms in total. The molecule has 0 atom stereocenters. The predicted molar refractivity (Wildman–Crippen MR) is 72.3 cm³/mol. The van der Waals surface area contributed by atoms with E-state index in [0.29, 0.717) is 11.3 Å². The van der Waals surface area contributed by atoms with Crippen molar-refractivity contribution in [3.63, 3.8) is 0 Å². The number of carboxylic acids is 1. The Balaban J connectivity index is 2.24. The third-order valence-electron chi connectivity index (χ3n) is 2.62. The standard InChI is InChI=1S/C14H15NO2S/c1-2-6-11-13(14(16)17)18-12(15-11)9-10-7-4-3-5-8-10/h3-5,7-8H,2,6,9H2,1H3,(H,16,17). The second kappa shape index (κ2) is 5.78. The molecule has 0 saturated heterocycles. The first-order valence-corrected chi connectivity index (χ1v) is 6.78. The van der Waals surface area contributed by atoms with Gasteiger partial charge in [0.25, 0.3) is 0 Å². The molecule has 0 aliphatic carbocycles. The zero-order chi connectivity index (χ0) is 13.0. The highest BCUT2D eigenvalue weighted by atomic mass is 32.1. The number of thiazole rings is 1. The number of carboxylic acid groups (broad SMARTS) is 1. The number of benzene rings is 1. The van der Waals surface area contributed by atoms with Crippen molar-refractivity contribution >= 4 is 17.3 Å². The summed E-state index contributed by atoms with van der Waals surface area (Å²) in [5, 5.41) is 10.0. The molecule has 4 heteroatoms. The summed E-state index contributed by atoms with van der Waals surface area (Å²) in [5.74, 6) is -0.865. The number of aromatic nitrogens is 1. The first-order chi connectivity index (χ1) is 8.70. The number of rotatable bonds is 5. The van der Waals surface area contributed by atoms with E-state index in [1.807, 2.05) is 37.3 Å². The Bertz CT molecular complexity index is 534. The van der Waals surface area contributed by atoms with E-state index in [1.165, 1.54) is 11.3 Å². The maximum atomic E-state index is 11.1. The Morgan fingerprint density at radius 2 is 2.06 bits per heavy atom. The summed E-state index contributed by atoms with van der Waals surface area (Å²) in [5.41, 5.74) is 1.88. The molecular formula is C14H15NO2S. The third kappa shape index (κ3) is 2.96. The lowest BCUT2D eigenvalue weighted by atomic mass is 10.2. The van der Waals surface area contributed by atoms with Crippen LogP contribution in [0.2, 0.25) is 0 Å². The van der Waals surface area contributed by atoms with Crippen molar-refractivity contribution in [2.24, 2.45) is 0 Å². The van der Waals surface area contributed by atoms with Gasteiger partial charge in [0.05, 0.1) is 10.7 Å². The predicted octanol–water partition coefficient (Wildman–Crippen LogP) is 3.38. The molecule has 0 saturated carbocycles. The van der Waals surface area contributed by atoms with Crippen molar-refractivity contribution in [2.45, 2.75) is 26.2 Å². The number of carbonyl (C=O) groups is 1. The highest BCUT2D eigenvalue weighted by molar-refractivity contribution is 7.13. The lowest BCUT2D eigenvalue weighted by Crippen LogP contribution is -1.98. The third-order valence-corrected chi connectivity index (χ3v) is 3.71. The van der Waals surface area contributed by atoms with Gasteiger partial charge in [-0.15, -0.1) is 11.3 Å². The Hall–Kier alpha value is -1.68. The zero-order valence-electron chi connectivity index (χ0n) is 10.2. The molecule has 0 bridgehead atoms. The quantitative estimate of drug-likeness (QED) is 0.897. The zero-order valence-corrected chi connectivity index (χ0v) is 11.0. The number of hydrogen-bond acceptors (Lipinski definition) is 3. The molecule has 0 unspecified atom stereocenters. The van der Waals surface area contributed by atoms with Crippen molar-refractivity contribution in [3.05, 3.63) is 51.5 Å². The van der Waals surface area contributed by atoms with Crippen LogP contribution in [0.25, 0.3) is 0 Å². The summed E-state index contributed by atoms with van der Waals surface area (Å²) in [7, 11) is 0. The molecule has 2 aromatic rings. The van der Waals surface area contributed by atoms with E-state index in [2.05, 4.69) is 4.98 Å². The van der Waals surface area contributed by atoms with Crippen LogP contribution in [-0.4, -0.2) is 16.1 Å². The molecule has 94 valence electrons. The minimum absolute atomic E-state index is 0.391. The van der Waals surface area contributed by atoms with E-state index in [9.17, 15) is 4.79 Å². The molecule has 0 amide bonds. The van der Waals surface area contributed by atoms with Crippen LogP contribution in [0.5, 0.6) is 0 Å². The van der Waals surface area contributed by atoms with Gasteiger partial charge in [0, 0.05) is 6.42 Å². The van der Waals surface area contributed by atoms with Gasteiger partial charge in [-0.05, 0) is 12.0 Å². The molecule has 1 aromatic heterocycles. The molecule has 1 aromatic carbocycles.